The van der Waals surface area contributed by atoms with Gasteiger partial charge in [-0.25, -0.2) is 0 Å². The smallest absolute Gasteiger partial charge is 0.300 e. The predicted molar refractivity (Wildman–Crippen MR) is 124 cm³/mol. The van der Waals surface area contributed by atoms with Gasteiger partial charge in [0.15, 0.2) is 17.3 Å². The molecule has 0 saturated carbocycles. The molecular weight excluding hydrogens is 422 g/mol. The number of methoxy groups -OCH3 is 2. The normalized spacial score (nSPS) is 10.7. The van der Waals surface area contributed by atoms with Crippen LogP contribution in [0.2, 0.25) is 0 Å². The molecule has 0 spiro atoms. The summed E-state index contributed by atoms with van der Waals surface area (Å²) < 4.78 is 15.7. The fraction of sp³-hybridized carbons (Fsp3) is 0.154. The van der Waals surface area contributed by atoms with E-state index in [1.165, 1.54) is 0 Å². The van der Waals surface area contributed by atoms with Gasteiger partial charge in [-0.05, 0) is 54.3 Å². The maximum Gasteiger partial charge on any atom is 0.300 e. The quantitative estimate of drug-likeness (QED) is 0.300. The summed E-state index contributed by atoms with van der Waals surface area (Å²) in [6.07, 6.45) is 1.60. The highest BCUT2D eigenvalue weighted by Gasteiger charge is 2.25. The Labute approximate surface area is 190 Å². The average Bonchev–Trinajstić information content (AvgIpc) is 3.19. The van der Waals surface area contributed by atoms with Crippen molar-refractivity contribution in [1.29, 1.82) is 0 Å². The van der Waals surface area contributed by atoms with Gasteiger partial charge in [-0.1, -0.05) is 36.4 Å². The number of Topliss-reactive ketones (excluding diaryl/α,β-unsaturated/α-hetero) is 1. The number of amides is 1. The molecule has 168 valence electrons. The van der Waals surface area contributed by atoms with Crippen molar-refractivity contribution in [2.45, 2.75) is 12.8 Å². The summed E-state index contributed by atoms with van der Waals surface area (Å²) in [5.74, 6) is -0.895. The number of furan rings is 1. The van der Waals surface area contributed by atoms with Crippen LogP contribution in [0, 0.1) is 0 Å². The number of carbonyl (C=O) groups excluding carboxylic acids is 2. The van der Waals surface area contributed by atoms with Crippen LogP contribution in [-0.4, -0.2) is 31.0 Å². The molecule has 0 aliphatic heterocycles. The van der Waals surface area contributed by atoms with E-state index in [1.54, 1.807) is 50.6 Å². The van der Waals surface area contributed by atoms with Crippen molar-refractivity contribution in [1.82, 2.24) is 0 Å². The minimum Gasteiger partial charge on any atom is -0.493 e. The maximum atomic E-state index is 12.6. The Balaban J connectivity index is 1.39. The van der Waals surface area contributed by atoms with Crippen LogP contribution < -0.4 is 14.8 Å². The van der Waals surface area contributed by atoms with E-state index in [0.29, 0.717) is 28.0 Å². The second-order valence-electron chi connectivity index (χ2n) is 7.45. The molecule has 7 nitrogen and oxygen atoms in total. The van der Waals surface area contributed by atoms with Gasteiger partial charge in [-0.3, -0.25) is 9.59 Å². The summed E-state index contributed by atoms with van der Waals surface area (Å²) in [6.45, 7) is 0. The SMILES string of the molecule is COc1ccc(CCc2ccc(NC(=O)C(=O)c3oc(O)c4ccccc34)cc2)cc1OC. The number of anilines is 1. The monoisotopic (exact) mass is 445 g/mol. The van der Waals surface area contributed by atoms with Gasteiger partial charge in [-0.15, -0.1) is 0 Å². The van der Waals surface area contributed by atoms with Crippen LogP contribution >= 0.6 is 0 Å². The average molecular weight is 445 g/mol. The summed E-state index contributed by atoms with van der Waals surface area (Å²) in [5.41, 5.74) is 2.68. The first-order chi connectivity index (χ1) is 16.0. The van der Waals surface area contributed by atoms with Gasteiger partial charge in [0, 0.05) is 11.1 Å². The molecule has 2 N–H and O–H groups in total. The number of ether oxygens (including phenoxy) is 2. The van der Waals surface area contributed by atoms with Gasteiger partial charge in [0.05, 0.1) is 19.6 Å². The highest BCUT2D eigenvalue weighted by molar-refractivity contribution is 6.47. The number of fused-ring (bicyclic) bond motifs is 1. The molecule has 1 aromatic heterocycles. The molecule has 0 aliphatic carbocycles. The molecule has 4 rings (SSSR count). The lowest BCUT2D eigenvalue weighted by Gasteiger charge is -2.10. The van der Waals surface area contributed by atoms with Crippen molar-refractivity contribution >= 4 is 28.2 Å². The van der Waals surface area contributed by atoms with E-state index in [0.717, 1.165) is 24.0 Å². The third-order valence-electron chi connectivity index (χ3n) is 5.38. The highest BCUT2D eigenvalue weighted by Crippen LogP contribution is 2.31. The number of ketones is 1. The minimum absolute atomic E-state index is 0.188. The zero-order valence-electron chi connectivity index (χ0n) is 18.3. The molecule has 33 heavy (non-hydrogen) atoms. The number of rotatable bonds is 8. The number of aromatic hydroxyl groups is 1. The Morgan fingerprint density at radius 1 is 0.848 bits per heavy atom. The highest BCUT2D eigenvalue weighted by atomic mass is 16.5. The fourth-order valence-corrected chi connectivity index (χ4v) is 3.61. The van der Waals surface area contributed by atoms with Gasteiger partial charge in [-0.2, -0.15) is 0 Å². The van der Waals surface area contributed by atoms with Crippen molar-refractivity contribution in [3.8, 4) is 17.4 Å². The molecule has 0 fully saturated rings. The third kappa shape index (κ3) is 4.67. The Kier molecular flexibility index (Phi) is 6.31. The Bertz CT molecular complexity index is 1310. The minimum atomic E-state index is -0.857. The second-order valence-corrected chi connectivity index (χ2v) is 7.45. The molecular formula is C26H23NO6. The fourth-order valence-electron chi connectivity index (χ4n) is 3.61. The first-order valence-electron chi connectivity index (χ1n) is 10.4. The summed E-state index contributed by atoms with van der Waals surface area (Å²) in [5, 5.41) is 13.2. The number of nitrogens with one attached hydrogen (secondary N) is 1. The number of benzene rings is 3. The maximum absolute atomic E-state index is 12.6. The van der Waals surface area contributed by atoms with Gasteiger partial charge in [0.25, 0.3) is 17.6 Å². The van der Waals surface area contributed by atoms with Crippen LogP contribution in [0.5, 0.6) is 17.4 Å². The standard InChI is InChI=1S/C26H23NO6/c1-31-21-14-11-17(15-22(21)32-2)8-7-16-9-12-18(13-10-16)27-25(29)23(28)24-19-5-3-4-6-20(19)26(30)33-24/h3-6,9-15,30H,7-8H2,1-2H3,(H,27,29). The molecule has 0 atom stereocenters. The Morgan fingerprint density at radius 2 is 1.48 bits per heavy atom. The van der Waals surface area contributed by atoms with Gasteiger partial charge >= 0.3 is 0 Å². The molecule has 3 aromatic carbocycles. The summed E-state index contributed by atoms with van der Waals surface area (Å²) in [4.78, 5) is 25.0. The Hall–Kier alpha value is -4.26. The lowest BCUT2D eigenvalue weighted by Crippen LogP contribution is -2.22. The van der Waals surface area contributed by atoms with Crippen LogP contribution in [0.25, 0.3) is 10.8 Å². The lowest BCUT2D eigenvalue weighted by atomic mass is 10.0. The molecule has 0 radical (unpaired) electrons. The zero-order valence-corrected chi connectivity index (χ0v) is 18.3. The Morgan fingerprint density at radius 3 is 2.18 bits per heavy atom. The predicted octanol–water partition coefficient (Wildman–Crippen LogP) is 4.76. The number of aryl methyl sites for hydroxylation is 2. The number of hydrogen-bond acceptors (Lipinski definition) is 6. The van der Waals surface area contributed by atoms with E-state index in [9.17, 15) is 14.7 Å². The van der Waals surface area contributed by atoms with Crippen molar-refractivity contribution in [2.24, 2.45) is 0 Å². The van der Waals surface area contributed by atoms with E-state index in [1.807, 2.05) is 30.3 Å². The molecule has 0 saturated heterocycles. The van der Waals surface area contributed by atoms with Crippen LogP contribution in [0.1, 0.15) is 21.7 Å². The van der Waals surface area contributed by atoms with Crippen molar-refractivity contribution in [3.05, 3.63) is 83.6 Å². The van der Waals surface area contributed by atoms with E-state index in [4.69, 9.17) is 13.9 Å². The lowest BCUT2D eigenvalue weighted by molar-refractivity contribution is -0.112. The summed E-state index contributed by atoms with van der Waals surface area (Å²) in [7, 11) is 3.21. The van der Waals surface area contributed by atoms with Crippen LogP contribution in [-0.2, 0) is 17.6 Å². The first kappa shape index (κ1) is 22.0. The summed E-state index contributed by atoms with van der Waals surface area (Å²) in [6, 6.07) is 19.8. The van der Waals surface area contributed by atoms with Crippen molar-refractivity contribution in [2.75, 3.05) is 19.5 Å². The number of carbonyl (C=O) groups is 2. The topological polar surface area (TPSA) is 98.0 Å². The second kappa shape index (κ2) is 9.48. The zero-order chi connectivity index (χ0) is 23.4. The van der Waals surface area contributed by atoms with Gasteiger partial charge in [0.2, 0.25) is 0 Å². The summed E-state index contributed by atoms with van der Waals surface area (Å²) >= 11 is 0. The molecule has 4 aromatic rings. The van der Waals surface area contributed by atoms with Crippen LogP contribution in [0.15, 0.2) is 71.1 Å². The van der Waals surface area contributed by atoms with E-state index >= 15 is 0 Å². The van der Waals surface area contributed by atoms with Crippen molar-refractivity contribution < 1.29 is 28.6 Å². The third-order valence-corrected chi connectivity index (χ3v) is 5.38. The van der Waals surface area contributed by atoms with Gasteiger partial charge < -0.3 is 24.3 Å². The molecule has 1 heterocycles. The molecule has 7 heteroatoms. The molecule has 0 bridgehead atoms. The largest absolute Gasteiger partial charge is 0.493 e. The molecule has 0 aliphatic rings. The first-order valence-corrected chi connectivity index (χ1v) is 10.4. The van der Waals surface area contributed by atoms with E-state index in [2.05, 4.69) is 5.32 Å². The van der Waals surface area contributed by atoms with E-state index < -0.39 is 11.7 Å². The van der Waals surface area contributed by atoms with Crippen molar-refractivity contribution in [3.63, 3.8) is 0 Å². The number of hydrogen-bond donors (Lipinski definition) is 2. The van der Waals surface area contributed by atoms with Crippen LogP contribution in [0.3, 0.4) is 0 Å². The van der Waals surface area contributed by atoms with Gasteiger partial charge in [0.1, 0.15) is 0 Å². The molecule has 0 unspecified atom stereocenters. The molecule has 1 amide bonds. The van der Waals surface area contributed by atoms with E-state index in [-0.39, 0.29) is 11.7 Å². The van der Waals surface area contributed by atoms with Crippen LogP contribution in [0.4, 0.5) is 5.69 Å².